The van der Waals surface area contributed by atoms with Crippen molar-refractivity contribution in [2.24, 2.45) is 0 Å². The second kappa shape index (κ2) is 7.24. The van der Waals surface area contributed by atoms with Gasteiger partial charge in [-0.2, -0.15) is 0 Å². The number of rotatable bonds is 5. The summed E-state index contributed by atoms with van der Waals surface area (Å²) in [4.78, 5) is 24.3. The van der Waals surface area contributed by atoms with Gasteiger partial charge in [0.15, 0.2) is 5.78 Å². The van der Waals surface area contributed by atoms with Crippen LogP contribution in [0.2, 0.25) is 0 Å². The molecule has 2 aromatic carbocycles. The average molecular weight is 393 g/mol. The minimum absolute atomic E-state index is 0.0429. The van der Waals surface area contributed by atoms with Gasteiger partial charge >= 0.3 is 0 Å². The van der Waals surface area contributed by atoms with E-state index in [2.05, 4.69) is 15.5 Å². The Balaban J connectivity index is 1.44. The lowest BCUT2D eigenvalue weighted by Crippen LogP contribution is -2.08. The molecule has 0 fully saturated rings. The Morgan fingerprint density at radius 2 is 1.96 bits per heavy atom. The molecule has 1 aliphatic rings. The van der Waals surface area contributed by atoms with Gasteiger partial charge in [-0.1, -0.05) is 17.8 Å². The first kappa shape index (κ1) is 18.4. The Morgan fingerprint density at radius 3 is 2.75 bits per heavy atom. The number of amides is 1. The molecule has 1 amide bonds. The highest BCUT2D eigenvalue weighted by molar-refractivity contribution is 7.99. The number of ketones is 1. The maximum atomic E-state index is 12.5. The molecule has 6 nitrogen and oxygen atoms in total. The number of aromatic nitrogens is 2. The molecule has 0 spiro atoms. The van der Waals surface area contributed by atoms with Gasteiger partial charge in [-0.15, -0.1) is 10.2 Å². The summed E-state index contributed by atoms with van der Waals surface area (Å²) in [6, 6.07) is 11.3. The highest BCUT2D eigenvalue weighted by Gasteiger charge is 2.27. The zero-order chi connectivity index (χ0) is 19.8. The monoisotopic (exact) mass is 393 g/mol. The van der Waals surface area contributed by atoms with Crippen LogP contribution in [0.25, 0.3) is 11.5 Å². The SMILES string of the molecule is Cc1ccc(-c2nnc(SCC(=O)c3ccc4c(c3)[C@@H](C)C(=O)N4)o2)cc1C. The van der Waals surface area contributed by atoms with Crippen molar-refractivity contribution in [3.8, 4) is 11.5 Å². The summed E-state index contributed by atoms with van der Waals surface area (Å²) in [7, 11) is 0. The molecule has 1 N–H and O–H groups in total. The normalized spacial score (nSPS) is 15.4. The van der Waals surface area contributed by atoms with E-state index in [4.69, 9.17) is 4.42 Å². The average Bonchev–Trinajstić information content (AvgIpc) is 3.27. The molecule has 1 aromatic heterocycles. The van der Waals surface area contributed by atoms with E-state index in [9.17, 15) is 9.59 Å². The fourth-order valence-corrected chi connectivity index (χ4v) is 3.72. The second-order valence-electron chi connectivity index (χ2n) is 6.90. The van der Waals surface area contributed by atoms with E-state index in [-0.39, 0.29) is 23.4 Å². The minimum Gasteiger partial charge on any atom is -0.411 e. The fraction of sp³-hybridized carbons (Fsp3) is 0.238. The number of nitrogens with one attached hydrogen (secondary N) is 1. The summed E-state index contributed by atoms with van der Waals surface area (Å²) in [5, 5.41) is 11.3. The fourth-order valence-electron chi connectivity index (χ4n) is 3.06. The molecule has 4 rings (SSSR count). The number of thioether (sulfide) groups is 1. The number of hydrogen-bond donors (Lipinski definition) is 1. The van der Waals surface area contributed by atoms with E-state index < -0.39 is 0 Å². The quantitative estimate of drug-likeness (QED) is 0.511. The first-order chi connectivity index (χ1) is 13.4. The molecule has 0 radical (unpaired) electrons. The third kappa shape index (κ3) is 3.45. The first-order valence-electron chi connectivity index (χ1n) is 8.94. The van der Waals surface area contributed by atoms with E-state index >= 15 is 0 Å². The third-order valence-electron chi connectivity index (χ3n) is 4.98. The number of fused-ring (bicyclic) bond motifs is 1. The lowest BCUT2D eigenvalue weighted by atomic mass is 9.99. The molecule has 0 bridgehead atoms. The van der Waals surface area contributed by atoms with E-state index in [0.29, 0.717) is 16.7 Å². The molecule has 0 aliphatic carbocycles. The predicted octanol–water partition coefficient (Wildman–Crippen LogP) is 4.38. The predicted molar refractivity (Wildman–Crippen MR) is 108 cm³/mol. The Morgan fingerprint density at radius 1 is 1.14 bits per heavy atom. The minimum atomic E-state index is -0.244. The van der Waals surface area contributed by atoms with E-state index in [1.54, 1.807) is 18.2 Å². The number of benzene rings is 2. The van der Waals surface area contributed by atoms with Crippen LogP contribution in [0.4, 0.5) is 5.69 Å². The molecular weight excluding hydrogens is 374 g/mol. The van der Waals surface area contributed by atoms with Crippen molar-refractivity contribution >= 4 is 29.1 Å². The molecule has 7 heteroatoms. The molecule has 0 saturated heterocycles. The van der Waals surface area contributed by atoms with Crippen LogP contribution in [0.1, 0.15) is 39.9 Å². The maximum absolute atomic E-state index is 12.5. The molecule has 28 heavy (non-hydrogen) atoms. The standard InChI is InChI=1S/C21H19N3O3S/c1-11-4-5-15(8-12(11)2)20-23-24-21(27-20)28-10-18(25)14-6-7-17-16(9-14)13(3)19(26)22-17/h4-9,13H,10H2,1-3H3,(H,22,26)/t13-/m1/s1. The molecule has 3 aromatic rings. The van der Waals surface area contributed by atoms with Gasteiger partial charge in [-0.05, 0) is 67.8 Å². The Labute approximate surface area is 166 Å². The number of nitrogens with zero attached hydrogens (tertiary/aromatic N) is 2. The topological polar surface area (TPSA) is 85.1 Å². The lowest BCUT2D eigenvalue weighted by Gasteiger charge is -2.04. The number of carbonyl (C=O) groups is 2. The number of anilines is 1. The van der Waals surface area contributed by atoms with Crippen molar-refractivity contribution in [3.05, 3.63) is 58.7 Å². The number of carbonyl (C=O) groups excluding carboxylic acids is 2. The molecular formula is C21H19N3O3S. The molecule has 142 valence electrons. The van der Waals surface area contributed by atoms with Gasteiger partial charge in [0.05, 0.1) is 11.7 Å². The van der Waals surface area contributed by atoms with Gasteiger partial charge < -0.3 is 9.73 Å². The Bertz CT molecular complexity index is 1090. The highest BCUT2D eigenvalue weighted by atomic mass is 32.2. The van der Waals surface area contributed by atoms with Crippen molar-refractivity contribution in [1.29, 1.82) is 0 Å². The zero-order valence-corrected chi connectivity index (χ0v) is 16.6. The Kier molecular flexibility index (Phi) is 4.77. The van der Waals surface area contributed by atoms with Crippen LogP contribution >= 0.6 is 11.8 Å². The van der Waals surface area contributed by atoms with Crippen molar-refractivity contribution in [3.63, 3.8) is 0 Å². The largest absolute Gasteiger partial charge is 0.411 e. The van der Waals surface area contributed by atoms with Crippen LogP contribution < -0.4 is 5.32 Å². The smallest absolute Gasteiger partial charge is 0.277 e. The summed E-state index contributed by atoms with van der Waals surface area (Å²) < 4.78 is 5.69. The van der Waals surface area contributed by atoms with Gasteiger partial charge in [0.1, 0.15) is 0 Å². The highest BCUT2D eigenvalue weighted by Crippen LogP contribution is 2.33. The van der Waals surface area contributed by atoms with Crippen LogP contribution in [0.3, 0.4) is 0 Å². The van der Waals surface area contributed by atoms with Crippen LogP contribution in [-0.2, 0) is 4.79 Å². The number of aryl methyl sites for hydroxylation is 2. The molecule has 1 atom stereocenters. The van der Waals surface area contributed by atoms with Crippen molar-refractivity contribution in [1.82, 2.24) is 10.2 Å². The summed E-state index contributed by atoms with van der Waals surface area (Å²) in [5.74, 6) is 0.285. The van der Waals surface area contributed by atoms with E-state index in [0.717, 1.165) is 22.4 Å². The van der Waals surface area contributed by atoms with Crippen molar-refractivity contribution in [2.75, 3.05) is 11.1 Å². The maximum Gasteiger partial charge on any atom is 0.277 e. The molecule has 2 heterocycles. The number of hydrogen-bond acceptors (Lipinski definition) is 6. The summed E-state index contributed by atoms with van der Waals surface area (Å²) in [6.07, 6.45) is 0. The molecule has 0 saturated carbocycles. The Hall–Kier alpha value is -2.93. The van der Waals surface area contributed by atoms with Crippen molar-refractivity contribution in [2.45, 2.75) is 31.9 Å². The summed E-state index contributed by atoms with van der Waals surface area (Å²) in [5.41, 5.74) is 5.41. The first-order valence-corrected chi connectivity index (χ1v) is 9.93. The van der Waals surface area contributed by atoms with Crippen LogP contribution in [0, 0.1) is 13.8 Å². The zero-order valence-electron chi connectivity index (χ0n) is 15.8. The third-order valence-corrected chi connectivity index (χ3v) is 5.80. The van der Waals surface area contributed by atoms with Gasteiger partial charge in [0, 0.05) is 16.8 Å². The molecule has 0 unspecified atom stereocenters. The second-order valence-corrected chi connectivity index (χ2v) is 7.82. The van der Waals surface area contributed by atoms with Gasteiger partial charge in [-0.25, -0.2) is 0 Å². The van der Waals surface area contributed by atoms with Crippen LogP contribution in [-0.4, -0.2) is 27.6 Å². The van der Waals surface area contributed by atoms with Crippen molar-refractivity contribution < 1.29 is 14.0 Å². The van der Waals surface area contributed by atoms with Crippen LogP contribution in [0.5, 0.6) is 0 Å². The van der Waals surface area contributed by atoms with E-state index in [1.807, 2.05) is 39.0 Å². The number of Topliss-reactive ketones (excluding diaryl/α,β-unsaturated/α-hetero) is 1. The van der Waals surface area contributed by atoms with Gasteiger partial charge in [0.25, 0.3) is 5.22 Å². The summed E-state index contributed by atoms with van der Waals surface area (Å²) >= 11 is 1.21. The van der Waals surface area contributed by atoms with E-state index in [1.165, 1.54) is 17.3 Å². The lowest BCUT2D eigenvalue weighted by molar-refractivity contribution is -0.116. The van der Waals surface area contributed by atoms with Gasteiger partial charge in [0.2, 0.25) is 11.8 Å². The molecule has 1 aliphatic heterocycles. The summed E-state index contributed by atoms with van der Waals surface area (Å²) in [6.45, 7) is 5.91. The van der Waals surface area contributed by atoms with Gasteiger partial charge in [-0.3, -0.25) is 9.59 Å². The van der Waals surface area contributed by atoms with Crippen LogP contribution in [0.15, 0.2) is 46.0 Å².